The number of furan rings is 1. The average Bonchev–Trinajstić information content (AvgIpc) is 3.38. The number of thiazole rings is 1. The van der Waals surface area contributed by atoms with E-state index in [1.165, 1.54) is 17.6 Å². The number of aromatic nitrogens is 3. The molecule has 0 bridgehead atoms. The molecule has 132 valence electrons. The summed E-state index contributed by atoms with van der Waals surface area (Å²) in [5, 5.41) is 0.671. The number of amides is 1. The number of halogens is 1. The molecule has 6 nitrogen and oxygen atoms in total. The quantitative estimate of drug-likeness (QED) is 0.448. The van der Waals surface area contributed by atoms with Crippen LogP contribution in [-0.4, -0.2) is 27.0 Å². The van der Waals surface area contributed by atoms with Crippen LogP contribution in [-0.2, 0) is 6.54 Å². The molecular formula is C18H15BrN4O2S. The third kappa shape index (κ3) is 3.56. The van der Waals surface area contributed by atoms with E-state index in [0.717, 1.165) is 27.7 Å². The Morgan fingerprint density at radius 1 is 1.35 bits per heavy atom. The number of carbonyl (C=O) groups excluding carboxylic acids is 1. The number of rotatable bonds is 6. The van der Waals surface area contributed by atoms with Crippen molar-refractivity contribution in [2.75, 3.05) is 11.4 Å². The first-order valence-corrected chi connectivity index (χ1v) is 9.69. The second kappa shape index (κ2) is 7.43. The maximum Gasteiger partial charge on any atom is 0.295 e. The van der Waals surface area contributed by atoms with Gasteiger partial charge in [0.15, 0.2) is 10.9 Å². The Kier molecular flexibility index (Phi) is 4.85. The van der Waals surface area contributed by atoms with Crippen molar-refractivity contribution < 1.29 is 9.21 Å². The van der Waals surface area contributed by atoms with E-state index in [-0.39, 0.29) is 5.91 Å². The minimum atomic E-state index is -0.182. The minimum absolute atomic E-state index is 0.182. The summed E-state index contributed by atoms with van der Waals surface area (Å²) in [4.78, 5) is 23.3. The topological polar surface area (TPSA) is 64.2 Å². The number of hydrogen-bond donors (Lipinski definition) is 0. The van der Waals surface area contributed by atoms with Crippen LogP contribution in [0.1, 0.15) is 17.0 Å². The van der Waals surface area contributed by atoms with Gasteiger partial charge in [0.2, 0.25) is 0 Å². The van der Waals surface area contributed by atoms with Crippen molar-refractivity contribution in [3.8, 4) is 0 Å². The lowest BCUT2D eigenvalue weighted by atomic mass is 10.3. The normalized spacial score (nSPS) is 11.1. The molecule has 8 heteroatoms. The highest BCUT2D eigenvalue weighted by molar-refractivity contribution is 9.10. The van der Waals surface area contributed by atoms with Crippen LogP contribution >= 0.6 is 27.3 Å². The lowest BCUT2D eigenvalue weighted by molar-refractivity contribution is 0.0959. The van der Waals surface area contributed by atoms with E-state index in [1.54, 1.807) is 29.6 Å². The SMILES string of the molecule is O=C(c1ccco1)N(CCCn1ccnc1)c1nc2ccc(Br)cc2s1. The molecule has 0 radical (unpaired) electrons. The van der Waals surface area contributed by atoms with Crippen molar-refractivity contribution in [1.82, 2.24) is 14.5 Å². The molecule has 0 unspecified atom stereocenters. The van der Waals surface area contributed by atoms with Gasteiger partial charge in [0, 0.05) is 30.0 Å². The molecule has 3 heterocycles. The molecule has 26 heavy (non-hydrogen) atoms. The number of benzene rings is 1. The summed E-state index contributed by atoms with van der Waals surface area (Å²) in [5.74, 6) is 0.131. The highest BCUT2D eigenvalue weighted by atomic mass is 79.9. The van der Waals surface area contributed by atoms with E-state index in [9.17, 15) is 4.79 Å². The predicted octanol–water partition coefficient (Wildman–Crippen LogP) is 4.59. The van der Waals surface area contributed by atoms with E-state index >= 15 is 0 Å². The van der Waals surface area contributed by atoms with Crippen LogP contribution in [0.2, 0.25) is 0 Å². The molecule has 4 aromatic rings. The highest BCUT2D eigenvalue weighted by Crippen LogP contribution is 2.31. The van der Waals surface area contributed by atoms with E-state index < -0.39 is 0 Å². The zero-order chi connectivity index (χ0) is 17.9. The summed E-state index contributed by atoms with van der Waals surface area (Å²) < 4.78 is 9.32. The van der Waals surface area contributed by atoms with Gasteiger partial charge in [-0.1, -0.05) is 27.3 Å². The smallest absolute Gasteiger partial charge is 0.295 e. The number of carbonyl (C=O) groups is 1. The van der Waals surface area contributed by atoms with Crippen LogP contribution in [0.25, 0.3) is 10.2 Å². The lowest BCUT2D eigenvalue weighted by Gasteiger charge is -2.18. The Hall–Kier alpha value is -2.45. The standard InChI is InChI=1S/C18H15BrN4O2S/c19-13-4-5-14-16(11-13)26-18(21-14)23(17(24)15-3-1-10-25-15)8-2-7-22-9-6-20-12-22/h1,3-6,9-12H,2,7-8H2. The third-order valence-electron chi connectivity index (χ3n) is 3.90. The van der Waals surface area contributed by atoms with Gasteiger partial charge >= 0.3 is 0 Å². The Morgan fingerprint density at radius 2 is 2.27 bits per heavy atom. The fourth-order valence-corrected chi connectivity index (χ4v) is 4.19. The van der Waals surface area contributed by atoms with Gasteiger partial charge in [0.05, 0.1) is 22.8 Å². The molecule has 1 aromatic carbocycles. The molecule has 1 amide bonds. The van der Waals surface area contributed by atoms with Crippen molar-refractivity contribution in [3.63, 3.8) is 0 Å². The predicted molar refractivity (Wildman–Crippen MR) is 105 cm³/mol. The third-order valence-corrected chi connectivity index (χ3v) is 5.44. The van der Waals surface area contributed by atoms with Gasteiger partial charge in [0.1, 0.15) is 0 Å². The first kappa shape index (κ1) is 17.0. The van der Waals surface area contributed by atoms with Gasteiger partial charge in [-0.3, -0.25) is 9.69 Å². The van der Waals surface area contributed by atoms with E-state index in [1.807, 2.05) is 29.0 Å². The van der Waals surface area contributed by atoms with Crippen LogP contribution in [0.3, 0.4) is 0 Å². The molecule has 0 aliphatic carbocycles. The van der Waals surface area contributed by atoms with Gasteiger partial charge in [-0.2, -0.15) is 0 Å². The number of aryl methyl sites for hydroxylation is 1. The van der Waals surface area contributed by atoms with Crippen molar-refractivity contribution in [3.05, 3.63) is 65.5 Å². The van der Waals surface area contributed by atoms with Gasteiger partial charge in [-0.05, 0) is 36.8 Å². The van der Waals surface area contributed by atoms with Crippen molar-refractivity contribution in [2.45, 2.75) is 13.0 Å². The lowest BCUT2D eigenvalue weighted by Crippen LogP contribution is -2.32. The Balaban J connectivity index is 1.61. The molecule has 0 aliphatic heterocycles. The van der Waals surface area contributed by atoms with Crippen LogP contribution in [0.5, 0.6) is 0 Å². The average molecular weight is 431 g/mol. The van der Waals surface area contributed by atoms with Crippen molar-refractivity contribution in [1.29, 1.82) is 0 Å². The van der Waals surface area contributed by atoms with Crippen LogP contribution in [0.15, 0.2) is 64.2 Å². The molecule has 0 saturated carbocycles. The van der Waals surface area contributed by atoms with Gasteiger partial charge in [-0.15, -0.1) is 0 Å². The largest absolute Gasteiger partial charge is 0.459 e. The number of hydrogen-bond acceptors (Lipinski definition) is 5. The van der Waals surface area contributed by atoms with Crippen LogP contribution < -0.4 is 4.90 Å². The monoisotopic (exact) mass is 430 g/mol. The van der Waals surface area contributed by atoms with Crippen molar-refractivity contribution >= 4 is 48.5 Å². The summed E-state index contributed by atoms with van der Waals surface area (Å²) in [6.07, 6.45) is 7.72. The zero-order valence-electron chi connectivity index (χ0n) is 13.7. The highest BCUT2D eigenvalue weighted by Gasteiger charge is 2.23. The van der Waals surface area contributed by atoms with E-state index in [2.05, 4.69) is 25.9 Å². The van der Waals surface area contributed by atoms with Gasteiger partial charge < -0.3 is 8.98 Å². The molecule has 3 aromatic heterocycles. The maximum atomic E-state index is 12.9. The first-order valence-electron chi connectivity index (χ1n) is 8.08. The summed E-state index contributed by atoms with van der Waals surface area (Å²) in [6.45, 7) is 1.32. The first-order chi connectivity index (χ1) is 12.7. The molecule has 0 atom stereocenters. The van der Waals surface area contributed by atoms with Crippen molar-refractivity contribution in [2.24, 2.45) is 0 Å². The minimum Gasteiger partial charge on any atom is -0.459 e. The molecule has 0 spiro atoms. The van der Waals surface area contributed by atoms with Crippen LogP contribution in [0.4, 0.5) is 5.13 Å². The fourth-order valence-electron chi connectivity index (χ4n) is 2.65. The summed E-state index contributed by atoms with van der Waals surface area (Å²) >= 11 is 4.97. The summed E-state index contributed by atoms with van der Waals surface area (Å²) in [6, 6.07) is 9.29. The molecule has 4 rings (SSSR count). The maximum absolute atomic E-state index is 12.9. The van der Waals surface area contributed by atoms with Gasteiger partial charge in [-0.25, -0.2) is 9.97 Å². The second-order valence-electron chi connectivity index (χ2n) is 5.70. The fraction of sp³-hybridized carbons (Fsp3) is 0.167. The molecule has 0 aliphatic rings. The number of nitrogens with zero attached hydrogens (tertiary/aromatic N) is 4. The summed E-state index contributed by atoms with van der Waals surface area (Å²) in [5.41, 5.74) is 0.875. The number of anilines is 1. The zero-order valence-corrected chi connectivity index (χ0v) is 16.1. The molecule has 0 fully saturated rings. The summed E-state index contributed by atoms with van der Waals surface area (Å²) in [7, 11) is 0. The van der Waals surface area contributed by atoms with Crippen LogP contribution in [0, 0.1) is 0 Å². The number of imidazole rings is 1. The number of fused-ring (bicyclic) bond motifs is 1. The van der Waals surface area contributed by atoms with E-state index in [4.69, 9.17) is 4.42 Å². The molecule has 0 saturated heterocycles. The Morgan fingerprint density at radius 3 is 3.04 bits per heavy atom. The Bertz CT molecular complexity index is 1010. The molecular weight excluding hydrogens is 416 g/mol. The van der Waals surface area contributed by atoms with Gasteiger partial charge in [0.25, 0.3) is 5.91 Å². The Labute approximate surface area is 162 Å². The molecule has 0 N–H and O–H groups in total. The van der Waals surface area contributed by atoms with E-state index in [0.29, 0.717) is 17.4 Å². The second-order valence-corrected chi connectivity index (χ2v) is 7.62.